The minimum absolute atomic E-state index is 0.0825. The third-order valence-electron chi connectivity index (χ3n) is 1.97. The molecule has 2 rings (SSSR count). The SMILES string of the molecule is NCc1cn(CC(=O)c2occc2Br)nn1. The van der Waals surface area contributed by atoms with Gasteiger partial charge in [-0.05, 0) is 22.0 Å². The van der Waals surface area contributed by atoms with Crippen molar-refractivity contribution in [2.75, 3.05) is 0 Å². The van der Waals surface area contributed by atoms with Crippen molar-refractivity contribution in [3.63, 3.8) is 0 Å². The number of halogens is 1. The van der Waals surface area contributed by atoms with E-state index in [2.05, 4.69) is 26.2 Å². The quantitative estimate of drug-likeness (QED) is 0.846. The Morgan fingerprint density at radius 1 is 1.62 bits per heavy atom. The summed E-state index contributed by atoms with van der Waals surface area (Å²) in [6.45, 7) is 0.387. The Morgan fingerprint density at radius 3 is 3.00 bits per heavy atom. The van der Waals surface area contributed by atoms with E-state index in [1.807, 2.05) is 0 Å². The largest absolute Gasteiger partial charge is 0.460 e. The summed E-state index contributed by atoms with van der Waals surface area (Å²) in [4.78, 5) is 11.7. The fourth-order valence-corrected chi connectivity index (χ4v) is 1.64. The molecule has 2 aromatic heterocycles. The van der Waals surface area contributed by atoms with Crippen molar-refractivity contribution in [1.82, 2.24) is 15.0 Å². The van der Waals surface area contributed by atoms with Crippen molar-refractivity contribution in [3.8, 4) is 0 Å². The first-order valence-corrected chi connectivity index (χ1v) is 5.35. The van der Waals surface area contributed by atoms with Gasteiger partial charge in [-0.15, -0.1) is 5.10 Å². The lowest BCUT2D eigenvalue weighted by molar-refractivity contribution is 0.0938. The van der Waals surface area contributed by atoms with E-state index in [0.717, 1.165) is 0 Å². The summed E-state index contributed by atoms with van der Waals surface area (Å²) in [6.07, 6.45) is 3.08. The second-order valence-electron chi connectivity index (χ2n) is 3.13. The highest BCUT2D eigenvalue weighted by atomic mass is 79.9. The number of rotatable bonds is 4. The molecule has 7 heteroatoms. The molecule has 2 N–H and O–H groups in total. The van der Waals surface area contributed by atoms with Crippen LogP contribution in [0.2, 0.25) is 0 Å². The number of hydrogen-bond acceptors (Lipinski definition) is 5. The molecule has 0 aliphatic rings. The van der Waals surface area contributed by atoms with E-state index >= 15 is 0 Å². The molecule has 0 fully saturated rings. The summed E-state index contributed by atoms with van der Waals surface area (Å²) in [5.74, 6) is 0.107. The first kappa shape index (κ1) is 11.0. The van der Waals surface area contributed by atoms with Gasteiger partial charge >= 0.3 is 0 Å². The maximum Gasteiger partial charge on any atom is 0.220 e. The number of ketones is 1. The molecule has 0 aliphatic carbocycles. The topological polar surface area (TPSA) is 86.9 Å². The zero-order valence-corrected chi connectivity index (χ0v) is 9.85. The highest BCUT2D eigenvalue weighted by molar-refractivity contribution is 9.10. The van der Waals surface area contributed by atoms with Crippen LogP contribution in [0, 0.1) is 0 Å². The van der Waals surface area contributed by atoms with E-state index in [1.165, 1.54) is 10.9 Å². The minimum Gasteiger partial charge on any atom is -0.460 e. The van der Waals surface area contributed by atoms with Crippen LogP contribution in [-0.2, 0) is 13.1 Å². The molecule has 0 saturated heterocycles. The Kier molecular flexibility index (Phi) is 3.16. The van der Waals surface area contributed by atoms with Crippen molar-refractivity contribution < 1.29 is 9.21 Å². The average Bonchev–Trinajstić information content (AvgIpc) is 2.86. The lowest BCUT2D eigenvalue weighted by atomic mass is 10.3. The Bertz CT molecular complexity index is 505. The number of hydrogen-bond donors (Lipinski definition) is 1. The molecule has 0 aliphatic heterocycles. The van der Waals surface area contributed by atoms with E-state index in [9.17, 15) is 4.79 Å². The first-order chi connectivity index (χ1) is 7.70. The van der Waals surface area contributed by atoms with Crippen LogP contribution in [0.4, 0.5) is 0 Å². The van der Waals surface area contributed by atoms with Crippen molar-refractivity contribution in [2.24, 2.45) is 5.73 Å². The minimum atomic E-state index is -0.176. The van der Waals surface area contributed by atoms with Gasteiger partial charge in [-0.25, -0.2) is 4.68 Å². The highest BCUT2D eigenvalue weighted by Gasteiger charge is 2.14. The molecule has 0 spiro atoms. The molecule has 16 heavy (non-hydrogen) atoms. The Hall–Kier alpha value is -1.47. The Balaban J connectivity index is 2.11. The summed E-state index contributed by atoms with van der Waals surface area (Å²) >= 11 is 3.22. The number of Topliss-reactive ketones (excluding diaryl/α,β-unsaturated/α-hetero) is 1. The second-order valence-corrected chi connectivity index (χ2v) is 3.99. The summed E-state index contributed by atoms with van der Waals surface area (Å²) in [5, 5.41) is 7.56. The number of carbonyl (C=O) groups is 1. The first-order valence-electron chi connectivity index (χ1n) is 4.56. The van der Waals surface area contributed by atoms with Gasteiger partial charge in [0.2, 0.25) is 5.78 Å². The third-order valence-corrected chi connectivity index (χ3v) is 2.60. The standard InChI is InChI=1S/C9H9BrN4O2/c10-7-1-2-16-9(7)8(15)5-14-4-6(3-11)12-13-14/h1-2,4H,3,5,11H2. The molecule has 84 valence electrons. The molecular formula is C9H9BrN4O2. The van der Waals surface area contributed by atoms with Gasteiger partial charge in [0.25, 0.3) is 0 Å². The summed E-state index contributed by atoms with van der Waals surface area (Å²) in [7, 11) is 0. The summed E-state index contributed by atoms with van der Waals surface area (Å²) < 4.78 is 7.11. The van der Waals surface area contributed by atoms with Gasteiger partial charge in [-0.2, -0.15) is 0 Å². The van der Waals surface area contributed by atoms with Crippen molar-refractivity contribution in [3.05, 3.63) is 34.5 Å². The van der Waals surface area contributed by atoms with Crippen molar-refractivity contribution in [1.29, 1.82) is 0 Å². The predicted octanol–water partition coefficient (Wildman–Crippen LogP) is 0.975. The lowest BCUT2D eigenvalue weighted by Gasteiger charge is -1.97. The summed E-state index contributed by atoms with van der Waals surface area (Å²) in [5.41, 5.74) is 6.03. The van der Waals surface area contributed by atoms with Gasteiger partial charge in [0, 0.05) is 6.54 Å². The zero-order valence-electron chi connectivity index (χ0n) is 8.26. The molecule has 0 saturated carbocycles. The number of nitrogens with two attached hydrogens (primary N) is 1. The molecule has 0 aromatic carbocycles. The number of nitrogens with zero attached hydrogens (tertiary/aromatic N) is 3. The lowest BCUT2D eigenvalue weighted by Crippen LogP contribution is -2.10. The van der Waals surface area contributed by atoms with Gasteiger partial charge in [-0.1, -0.05) is 5.21 Å². The zero-order chi connectivity index (χ0) is 11.5. The number of aromatic nitrogens is 3. The van der Waals surface area contributed by atoms with Crippen LogP contribution in [0.25, 0.3) is 0 Å². The van der Waals surface area contributed by atoms with Gasteiger partial charge < -0.3 is 10.2 Å². The molecule has 0 atom stereocenters. The van der Waals surface area contributed by atoms with E-state index in [0.29, 0.717) is 16.7 Å². The monoisotopic (exact) mass is 284 g/mol. The third kappa shape index (κ3) is 2.20. The fourth-order valence-electron chi connectivity index (χ4n) is 1.22. The van der Waals surface area contributed by atoms with Crippen LogP contribution in [0.1, 0.15) is 16.2 Å². The number of carbonyl (C=O) groups excluding carboxylic acids is 1. The molecule has 2 heterocycles. The number of furan rings is 1. The maximum atomic E-state index is 11.7. The van der Waals surface area contributed by atoms with Crippen LogP contribution in [0.3, 0.4) is 0 Å². The Labute approximate surface area is 99.5 Å². The smallest absolute Gasteiger partial charge is 0.220 e. The predicted molar refractivity (Wildman–Crippen MR) is 58.7 cm³/mol. The van der Waals surface area contributed by atoms with Crippen LogP contribution in [0.5, 0.6) is 0 Å². The van der Waals surface area contributed by atoms with E-state index in [4.69, 9.17) is 10.2 Å². The van der Waals surface area contributed by atoms with Crippen LogP contribution < -0.4 is 5.73 Å². The fraction of sp³-hybridized carbons (Fsp3) is 0.222. The van der Waals surface area contributed by atoms with Crippen molar-refractivity contribution in [2.45, 2.75) is 13.1 Å². The molecule has 0 amide bonds. The molecule has 0 unspecified atom stereocenters. The molecule has 6 nitrogen and oxygen atoms in total. The van der Waals surface area contributed by atoms with E-state index < -0.39 is 0 Å². The average molecular weight is 285 g/mol. The van der Waals surface area contributed by atoms with Crippen LogP contribution in [0.15, 0.2) is 27.4 Å². The maximum absolute atomic E-state index is 11.7. The van der Waals surface area contributed by atoms with Crippen molar-refractivity contribution >= 4 is 21.7 Å². The van der Waals surface area contributed by atoms with Gasteiger partial charge in [-0.3, -0.25) is 4.79 Å². The van der Waals surface area contributed by atoms with Gasteiger partial charge in [0.05, 0.1) is 22.6 Å². The summed E-state index contributed by atoms with van der Waals surface area (Å²) in [6, 6.07) is 1.67. The molecule has 2 aromatic rings. The Morgan fingerprint density at radius 2 is 2.44 bits per heavy atom. The normalized spacial score (nSPS) is 10.6. The molecule has 0 bridgehead atoms. The molecule has 0 radical (unpaired) electrons. The molecular weight excluding hydrogens is 276 g/mol. The van der Waals surface area contributed by atoms with Gasteiger partial charge in [0.1, 0.15) is 6.54 Å². The second kappa shape index (κ2) is 4.58. The van der Waals surface area contributed by atoms with Gasteiger partial charge in [0.15, 0.2) is 5.76 Å². The van der Waals surface area contributed by atoms with E-state index in [-0.39, 0.29) is 18.1 Å². The van der Waals surface area contributed by atoms with Crippen LogP contribution >= 0.6 is 15.9 Å². The van der Waals surface area contributed by atoms with Crippen LogP contribution in [-0.4, -0.2) is 20.8 Å². The highest BCUT2D eigenvalue weighted by Crippen LogP contribution is 2.18. The van der Waals surface area contributed by atoms with E-state index in [1.54, 1.807) is 12.3 Å².